The van der Waals surface area contributed by atoms with Crippen LogP contribution in [0.1, 0.15) is 22.3 Å². The molecule has 1 aliphatic carbocycles. The Morgan fingerprint density at radius 2 is 0.823 bits per heavy atom. The molecular weight excluding hydrogens is 769 g/mol. The molecule has 290 valence electrons. The topological polar surface area (TPSA) is 25.8 Å². The van der Waals surface area contributed by atoms with Crippen LogP contribution in [-0.2, 0) is 5.41 Å². The van der Waals surface area contributed by atoms with Gasteiger partial charge in [-0.3, -0.25) is 0 Å². The summed E-state index contributed by atoms with van der Waals surface area (Å²) in [6.45, 7) is 0. The van der Waals surface area contributed by atoms with E-state index in [1.54, 1.807) is 0 Å². The third-order valence-corrected chi connectivity index (χ3v) is 13.8. The van der Waals surface area contributed by atoms with E-state index in [9.17, 15) is 0 Å². The predicted octanol–water partition coefficient (Wildman–Crippen LogP) is 15.5. The number of rotatable bonds is 7. The van der Waals surface area contributed by atoms with Gasteiger partial charge >= 0.3 is 0 Å². The van der Waals surface area contributed by atoms with Crippen LogP contribution in [0.3, 0.4) is 0 Å². The standard InChI is InChI=1S/C59H38N2S/c1-5-17-40(18-6-1)54-38-55(61-58(60-54)42-19-7-2-8-20-42)41-31-29-39(30-32-41)49-37-53-50(36-48(49)43-33-34-57-51(35-43)47-26-14-16-28-56(47)62-57)46-25-13-15-27-52(46)59(53,44-21-9-3-10-22-44)45-23-11-4-12-24-45/h1-38H. The van der Waals surface area contributed by atoms with Gasteiger partial charge in [0.15, 0.2) is 5.82 Å². The summed E-state index contributed by atoms with van der Waals surface area (Å²) in [7, 11) is 0. The lowest BCUT2D eigenvalue weighted by Crippen LogP contribution is -2.28. The fourth-order valence-electron chi connectivity index (χ4n) is 9.75. The Balaban J connectivity index is 1.09. The summed E-state index contributed by atoms with van der Waals surface area (Å²) in [5.74, 6) is 0.709. The molecule has 0 aliphatic heterocycles. The summed E-state index contributed by atoms with van der Waals surface area (Å²) in [5, 5.41) is 2.59. The number of benzene rings is 9. The van der Waals surface area contributed by atoms with Gasteiger partial charge in [0.25, 0.3) is 0 Å². The molecule has 3 heteroatoms. The van der Waals surface area contributed by atoms with Crippen LogP contribution in [0.2, 0.25) is 0 Å². The number of hydrogen-bond donors (Lipinski definition) is 0. The van der Waals surface area contributed by atoms with Crippen molar-refractivity contribution < 1.29 is 0 Å². The van der Waals surface area contributed by atoms with Gasteiger partial charge in [-0.2, -0.15) is 0 Å². The molecule has 0 fully saturated rings. The minimum atomic E-state index is -0.516. The lowest BCUT2D eigenvalue weighted by atomic mass is 9.67. The normalized spacial score (nSPS) is 12.6. The van der Waals surface area contributed by atoms with Crippen LogP contribution >= 0.6 is 11.3 Å². The molecule has 1 aliphatic rings. The van der Waals surface area contributed by atoms with Crippen molar-refractivity contribution in [1.29, 1.82) is 0 Å². The summed E-state index contributed by atoms with van der Waals surface area (Å²) < 4.78 is 2.61. The highest BCUT2D eigenvalue weighted by atomic mass is 32.1. The van der Waals surface area contributed by atoms with E-state index >= 15 is 0 Å². The molecule has 11 aromatic rings. The fourth-order valence-corrected chi connectivity index (χ4v) is 10.8. The van der Waals surface area contributed by atoms with Crippen molar-refractivity contribution in [1.82, 2.24) is 9.97 Å². The third-order valence-electron chi connectivity index (χ3n) is 12.6. The Hall–Kier alpha value is -7.72. The zero-order valence-electron chi connectivity index (χ0n) is 33.7. The van der Waals surface area contributed by atoms with Gasteiger partial charge in [0, 0.05) is 36.9 Å². The van der Waals surface area contributed by atoms with Gasteiger partial charge in [-0.05, 0) is 92.0 Å². The molecule has 2 aromatic heterocycles. The number of thiophene rings is 1. The summed E-state index contributed by atoms with van der Waals surface area (Å²) in [6.07, 6.45) is 0. The smallest absolute Gasteiger partial charge is 0.160 e. The lowest BCUT2D eigenvalue weighted by molar-refractivity contribution is 0.769. The Kier molecular flexibility index (Phi) is 8.62. The molecule has 0 bridgehead atoms. The highest BCUT2D eigenvalue weighted by molar-refractivity contribution is 7.25. The zero-order chi connectivity index (χ0) is 41.0. The van der Waals surface area contributed by atoms with Gasteiger partial charge in [-0.25, -0.2) is 9.97 Å². The van der Waals surface area contributed by atoms with Crippen LogP contribution < -0.4 is 0 Å². The maximum absolute atomic E-state index is 5.16. The van der Waals surface area contributed by atoms with Crippen molar-refractivity contribution >= 4 is 31.5 Å². The van der Waals surface area contributed by atoms with Crippen molar-refractivity contribution in [3.05, 3.63) is 253 Å². The van der Waals surface area contributed by atoms with E-state index in [0.29, 0.717) is 5.82 Å². The maximum Gasteiger partial charge on any atom is 0.160 e. The van der Waals surface area contributed by atoms with E-state index in [-0.39, 0.29) is 0 Å². The Morgan fingerprint density at radius 1 is 0.306 bits per heavy atom. The van der Waals surface area contributed by atoms with E-state index in [1.165, 1.54) is 70.2 Å². The van der Waals surface area contributed by atoms with Crippen molar-refractivity contribution in [2.24, 2.45) is 0 Å². The van der Waals surface area contributed by atoms with Crippen LogP contribution in [0.15, 0.2) is 231 Å². The van der Waals surface area contributed by atoms with Crippen molar-refractivity contribution in [3.63, 3.8) is 0 Å². The second-order valence-corrected chi connectivity index (χ2v) is 17.1. The lowest BCUT2D eigenvalue weighted by Gasteiger charge is -2.34. The highest BCUT2D eigenvalue weighted by Gasteiger charge is 2.46. The van der Waals surface area contributed by atoms with Gasteiger partial charge < -0.3 is 0 Å². The quantitative estimate of drug-likeness (QED) is 0.160. The molecule has 0 unspecified atom stereocenters. The Bertz CT molecular complexity index is 3330. The molecule has 0 saturated heterocycles. The van der Waals surface area contributed by atoms with Gasteiger partial charge in [0.2, 0.25) is 0 Å². The molecule has 12 rings (SSSR count). The molecule has 0 spiro atoms. The minimum absolute atomic E-state index is 0.516. The van der Waals surface area contributed by atoms with Crippen molar-refractivity contribution in [2.45, 2.75) is 5.41 Å². The second-order valence-electron chi connectivity index (χ2n) is 16.1. The first kappa shape index (κ1) is 36.2. The van der Waals surface area contributed by atoms with Crippen molar-refractivity contribution in [2.75, 3.05) is 0 Å². The average molecular weight is 807 g/mol. The van der Waals surface area contributed by atoms with Gasteiger partial charge in [0.05, 0.1) is 16.8 Å². The predicted molar refractivity (Wildman–Crippen MR) is 259 cm³/mol. The van der Waals surface area contributed by atoms with E-state index in [0.717, 1.165) is 33.6 Å². The average Bonchev–Trinajstić information content (AvgIpc) is 3.87. The molecule has 0 amide bonds. The third kappa shape index (κ3) is 5.85. The monoisotopic (exact) mass is 806 g/mol. The van der Waals surface area contributed by atoms with E-state index in [2.05, 4.69) is 206 Å². The molecule has 2 nitrogen and oxygen atoms in total. The summed E-state index contributed by atoms with van der Waals surface area (Å²) in [5.41, 5.74) is 16.7. The first-order valence-corrected chi connectivity index (χ1v) is 22.0. The summed E-state index contributed by atoms with van der Waals surface area (Å²) >= 11 is 1.86. The summed E-state index contributed by atoms with van der Waals surface area (Å²) in [4.78, 5) is 10.2. The fraction of sp³-hybridized carbons (Fsp3) is 0.0169. The SMILES string of the molecule is c1ccc(-c2cc(-c3ccc(-c4cc5c(cc4-c4ccc6sc7ccccc7c6c4)-c4ccccc4C5(c4ccccc4)c4ccccc4)cc3)nc(-c3ccccc3)n2)cc1. The molecule has 0 radical (unpaired) electrons. The van der Waals surface area contributed by atoms with Gasteiger partial charge in [0.1, 0.15) is 0 Å². The minimum Gasteiger partial charge on any atom is -0.228 e. The first-order chi connectivity index (χ1) is 30.7. The van der Waals surface area contributed by atoms with Crippen LogP contribution in [0.25, 0.3) is 87.5 Å². The summed E-state index contributed by atoms with van der Waals surface area (Å²) in [6, 6.07) is 83.7. The van der Waals surface area contributed by atoms with E-state index < -0.39 is 5.41 Å². The number of aromatic nitrogens is 2. The largest absolute Gasteiger partial charge is 0.228 e. The molecular formula is C59H38N2S. The van der Waals surface area contributed by atoms with Crippen molar-refractivity contribution in [3.8, 4) is 67.3 Å². The molecule has 62 heavy (non-hydrogen) atoms. The highest BCUT2D eigenvalue weighted by Crippen LogP contribution is 2.58. The second kappa shape index (κ2) is 14.8. The molecule has 0 atom stereocenters. The maximum atomic E-state index is 5.16. The Morgan fingerprint density at radius 3 is 1.52 bits per heavy atom. The van der Waals surface area contributed by atoms with Gasteiger partial charge in [-0.1, -0.05) is 194 Å². The molecule has 0 N–H and O–H groups in total. The van der Waals surface area contributed by atoms with E-state index in [1.807, 2.05) is 35.6 Å². The first-order valence-electron chi connectivity index (χ1n) is 21.1. The van der Waals surface area contributed by atoms with Crippen LogP contribution in [0.5, 0.6) is 0 Å². The molecule has 2 heterocycles. The molecule has 0 saturated carbocycles. The zero-order valence-corrected chi connectivity index (χ0v) is 34.6. The van der Waals surface area contributed by atoms with E-state index in [4.69, 9.17) is 9.97 Å². The van der Waals surface area contributed by atoms with Crippen LogP contribution in [0, 0.1) is 0 Å². The van der Waals surface area contributed by atoms with Crippen LogP contribution in [0.4, 0.5) is 0 Å². The number of nitrogens with zero attached hydrogens (tertiary/aromatic N) is 2. The number of hydrogen-bond acceptors (Lipinski definition) is 3. The van der Waals surface area contributed by atoms with Gasteiger partial charge in [-0.15, -0.1) is 11.3 Å². The Labute approximate surface area is 365 Å². The molecule has 9 aromatic carbocycles. The van der Waals surface area contributed by atoms with Crippen LogP contribution in [-0.4, -0.2) is 9.97 Å². The number of fused-ring (bicyclic) bond motifs is 6.